The van der Waals surface area contributed by atoms with Crippen LogP contribution in [0.25, 0.3) is 21.7 Å². The summed E-state index contributed by atoms with van der Waals surface area (Å²) in [6.07, 6.45) is 3.37. The molecule has 0 bridgehead atoms. The number of halogens is 3. The Morgan fingerprint density at radius 3 is 2.20 bits per heavy atom. The van der Waals surface area contributed by atoms with E-state index in [1.807, 2.05) is 0 Å². The molecule has 2 aromatic carbocycles. The summed E-state index contributed by atoms with van der Waals surface area (Å²) in [5, 5.41) is 7.30. The van der Waals surface area contributed by atoms with Crippen molar-refractivity contribution in [2.75, 3.05) is 19.6 Å². The van der Waals surface area contributed by atoms with Crippen molar-refractivity contribution in [2.24, 2.45) is 5.73 Å². The molecule has 1 heterocycles. The van der Waals surface area contributed by atoms with Crippen LogP contribution in [0.2, 0.25) is 0 Å². The number of aromatic nitrogens is 1. The molecule has 0 aliphatic carbocycles. The van der Waals surface area contributed by atoms with Gasteiger partial charge in [-0.1, -0.05) is 30.3 Å². The number of nitrogens with zero attached hydrogens (tertiary/aromatic N) is 1. The molecule has 0 aliphatic rings. The van der Waals surface area contributed by atoms with Gasteiger partial charge in [0, 0.05) is 42.9 Å². The van der Waals surface area contributed by atoms with Crippen LogP contribution in [0.1, 0.15) is 6.42 Å². The first-order chi connectivity index (χ1) is 10.4. The Labute approximate surface area is 182 Å². The van der Waals surface area contributed by atoms with Crippen LogP contribution in [-0.2, 0) is 27.6 Å². The molecule has 25 heavy (non-hydrogen) atoms. The fourth-order valence-electron chi connectivity index (χ4n) is 2.83. The van der Waals surface area contributed by atoms with Gasteiger partial charge in [-0.05, 0) is 12.1 Å². The van der Waals surface area contributed by atoms with E-state index in [0.29, 0.717) is 6.54 Å². The number of pyridine rings is 1. The van der Waals surface area contributed by atoms with E-state index in [0.717, 1.165) is 26.1 Å². The van der Waals surface area contributed by atoms with Gasteiger partial charge in [-0.3, -0.25) is 0 Å². The minimum absolute atomic E-state index is 0. The summed E-state index contributed by atoms with van der Waals surface area (Å²) in [5.74, 6) is 0. The predicted octanol–water partition coefficient (Wildman–Crippen LogP) is -6.77. The molecule has 3 N–H and O–H groups in total. The summed E-state index contributed by atoms with van der Waals surface area (Å²) in [5.41, 5.74) is 6.79. The first-order valence-corrected chi connectivity index (χ1v) is 7.61. The van der Waals surface area contributed by atoms with Crippen LogP contribution in [-0.4, -0.2) is 19.6 Å². The first-order valence-electron chi connectivity index (χ1n) is 7.61. The number of nitrogens with one attached hydrogen (secondary N) is 1. The standard InChI is InChI=1S/C18H22N3.3ClH.Pt/c19-10-12-20-11-5-13-21-14-15-6-1-2-7-16(15)17-8-3-4-9-18(17)21;;;;/h1-4,6-9,14,20H,5,10-13,19H2;3*1H;/q+1;;;;+2/p-3. The summed E-state index contributed by atoms with van der Waals surface area (Å²) in [7, 11) is 0. The van der Waals surface area contributed by atoms with Crippen molar-refractivity contribution in [3.8, 4) is 0 Å². The normalized spacial score (nSPS) is 9.48. The van der Waals surface area contributed by atoms with Crippen molar-refractivity contribution in [3.05, 3.63) is 54.7 Å². The smallest absolute Gasteiger partial charge is 1.00 e. The van der Waals surface area contributed by atoms with Gasteiger partial charge in [0.15, 0.2) is 6.20 Å². The van der Waals surface area contributed by atoms with Crippen LogP contribution >= 0.6 is 0 Å². The molecular weight excluding hydrogens is 560 g/mol. The van der Waals surface area contributed by atoms with E-state index in [-0.39, 0.29) is 58.3 Å². The molecule has 1 aromatic heterocycles. The van der Waals surface area contributed by atoms with E-state index in [2.05, 4.69) is 64.6 Å². The molecule has 0 fully saturated rings. The summed E-state index contributed by atoms with van der Waals surface area (Å²) in [4.78, 5) is 0. The van der Waals surface area contributed by atoms with Gasteiger partial charge in [0.05, 0.1) is 5.39 Å². The Kier molecular flexibility index (Phi) is 14.7. The van der Waals surface area contributed by atoms with Crippen LogP contribution in [0, 0.1) is 0 Å². The summed E-state index contributed by atoms with van der Waals surface area (Å²) in [6, 6.07) is 17.2. The van der Waals surface area contributed by atoms with Gasteiger partial charge >= 0.3 is 21.1 Å². The maximum atomic E-state index is 5.49. The maximum absolute atomic E-state index is 5.49. The first kappa shape index (κ1) is 26.8. The zero-order valence-corrected chi connectivity index (χ0v) is 18.2. The Hall–Kier alpha value is -0.412. The van der Waals surface area contributed by atoms with Gasteiger partial charge in [0.1, 0.15) is 6.54 Å². The third-order valence-corrected chi connectivity index (χ3v) is 3.83. The Morgan fingerprint density at radius 1 is 0.840 bits per heavy atom. The SMILES string of the molecule is NCCNCCC[n+]1cc2ccccc2c2ccccc21.[Cl-].[Cl-].[Cl-].[Pt+2]. The summed E-state index contributed by atoms with van der Waals surface area (Å²) in [6.45, 7) is 3.61. The number of benzene rings is 2. The Bertz CT molecular complexity index is 756. The monoisotopic (exact) mass is 580 g/mol. The number of hydrogen-bond donors (Lipinski definition) is 2. The number of hydrogen-bond acceptors (Lipinski definition) is 2. The zero-order valence-electron chi connectivity index (χ0n) is 13.7. The largest absolute Gasteiger partial charge is 2.00 e. The van der Waals surface area contributed by atoms with E-state index >= 15 is 0 Å². The second-order valence-electron chi connectivity index (χ2n) is 5.32. The molecular formula is C18H22Cl3N3Pt. The van der Waals surface area contributed by atoms with Gasteiger partial charge < -0.3 is 48.3 Å². The van der Waals surface area contributed by atoms with Crippen molar-refractivity contribution >= 4 is 21.7 Å². The van der Waals surface area contributed by atoms with Crippen molar-refractivity contribution in [3.63, 3.8) is 0 Å². The molecule has 0 spiro atoms. The van der Waals surface area contributed by atoms with E-state index in [9.17, 15) is 0 Å². The summed E-state index contributed by atoms with van der Waals surface area (Å²) >= 11 is 0. The van der Waals surface area contributed by atoms with Gasteiger partial charge in [0.2, 0.25) is 5.52 Å². The molecule has 3 nitrogen and oxygen atoms in total. The quantitative estimate of drug-likeness (QED) is 0.173. The average Bonchev–Trinajstić information content (AvgIpc) is 2.54. The second kappa shape index (κ2) is 13.7. The molecule has 0 atom stereocenters. The molecule has 140 valence electrons. The molecule has 0 radical (unpaired) electrons. The minimum Gasteiger partial charge on any atom is -1.00 e. The Morgan fingerprint density at radius 2 is 1.48 bits per heavy atom. The van der Waals surface area contributed by atoms with E-state index in [1.165, 1.54) is 21.7 Å². The van der Waals surface area contributed by atoms with Crippen molar-refractivity contribution in [1.29, 1.82) is 0 Å². The summed E-state index contributed by atoms with van der Waals surface area (Å²) < 4.78 is 2.36. The number of para-hydroxylation sites is 1. The van der Waals surface area contributed by atoms with E-state index in [1.54, 1.807) is 0 Å². The third kappa shape index (κ3) is 6.67. The average molecular weight is 582 g/mol. The topological polar surface area (TPSA) is 41.9 Å². The van der Waals surface area contributed by atoms with Gasteiger partial charge in [-0.2, -0.15) is 4.57 Å². The maximum Gasteiger partial charge on any atom is 2.00 e. The number of aryl methyl sites for hydroxylation is 1. The molecule has 0 unspecified atom stereocenters. The fourth-order valence-corrected chi connectivity index (χ4v) is 2.83. The van der Waals surface area contributed by atoms with Gasteiger partial charge in [-0.15, -0.1) is 0 Å². The molecule has 7 heteroatoms. The number of nitrogens with two attached hydrogens (primary N) is 1. The van der Waals surface area contributed by atoms with E-state index in [4.69, 9.17) is 5.73 Å². The van der Waals surface area contributed by atoms with Crippen LogP contribution in [0.15, 0.2) is 54.7 Å². The molecule has 0 aliphatic heterocycles. The molecule has 0 saturated heterocycles. The second-order valence-corrected chi connectivity index (χ2v) is 5.32. The van der Waals surface area contributed by atoms with Crippen molar-refractivity contribution < 1.29 is 62.9 Å². The van der Waals surface area contributed by atoms with Gasteiger partial charge in [0.25, 0.3) is 0 Å². The minimum atomic E-state index is 0. The van der Waals surface area contributed by atoms with Crippen LogP contribution in [0.3, 0.4) is 0 Å². The predicted molar refractivity (Wildman–Crippen MR) is 88.2 cm³/mol. The van der Waals surface area contributed by atoms with Gasteiger partial charge in [-0.25, -0.2) is 0 Å². The third-order valence-electron chi connectivity index (χ3n) is 3.83. The molecule has 0 amide bonds. The van der Waals surface area contributed by atoms with Crippen LogP contribution < -0.4 is 52.8 Å². The number of fused-ring (bicyclic) bond motifs is 3. The molecule has 3 rings (SSSR count). The van der Waals surface area contributed by atoms with Crippen molar-refractivity contribution in [2.45, 2.75) is 13.0 Å². The Balaban J connectivity index is 0. The van der Waals surface area contributed by atoms with Crippen LogP contribution in [0.4, 0.5) is 0 Å². The van der Waals surface area contributed by atoms with E-state index < -0.39 is 0 Å². The van der Waals surface area contributed by atoms with Crippen LogP contribution in [0.5, 0.6) is 0 Å². The fraction of sp³-hybridized carbons (Fsp3) is 0.278. The zero-order chi connectivity index (χ0) is 14.5. The number of rotatable bonds is 6. The molecule has 3 aromatic rings. The molecule has 0 saturated carbocycles. The van der Waals surface area contributed by atoms with Crippen molar-refractivity contribution in [1.82, 2.24) is 5.32 Å².